The molecular weight excluding hydrogens is 526 g/mol. The summed E-state index contributed by atoms with van der Waals surface area (Å²) in [6.07, 6.45) is 0. The maximum absolute atomic E-state index is 12.9. The van der Waals surface area contributed by atoms with Crippen LogP contribution in [0.4, 0.5) is 0 Å². The van der Waals surface area contributed by atoms with Crippen molar-refractivity contribution in [2.75, 3.05) is 30.9 Å². The number of amides is 3. The van der Waals surface area contributed by atoms with Crippen LogP contribution in [0.25, 0.3) is 0 Å². The molecule has 0 radical (unpaired) electrons. The molecule has 198 valence electrons. The molecule has 0 unspecified atom stereocenters. The molecule has 4 N–H and O–H groups in total. The fourth-order valence-electron chi connectivity index (χ4n) is 3.55. The van der Waals surface area contributed by atoms with Gasteiger partial charge in [0.15, 0.2) is 10.3 Å². The molecule has 0 spiro atoms. The lowest BCUT2D eigenvalue weighted by molar-refractivity contribution is -0.150. The first-order valence-corrected chi connectivity index (χ1v) is 14.4. The van der Waals surface area contributed by atoms with Crippen LogP contribution in [-0.2, 0) is 19.2 Å². The third-order valence-electron chi connectivity index (χ3n) is 5.01. The minimum Gasteiger partial charge on any atom is -0.477 e. The van der Waals surface area contributed by atoms with Gasteiger partial charge in [-0.15, -0.1) is 11.8 Å². The van der Waals surface area contributed by atoms with Gasteiger partial charge in [0.1, 0.15) is 23.7 Å². The van der Waals surface area contributed by atoms with E-state index in [4.69, 9.17) is 0 Å². The molecule has 36 heavy (non-hydrogen) atoms. The number of rotatable bonds is 8. The van der Waals surface area contributed by atoms with Gasteiger partial charge in [0.25, 0.3) is 11.8 Å². The molecule has 0 aromatic rings. The Morgan fingerprint density at radius 1 is 1.31 bits per heavy atom. The Balaban J connectivity index is 1.61. The largest absolute Gasteiger partial charge is 0.477 e. The molecule has 1 fully saturated rings. The maximum atomic E-state index is 12.9. The molecule has 0 saturated carbocycles. The van der Waals surface area contributed by atoms with E-state index in [0.717, 1.165) is 0 Å². The molecule has 1 saturated heterocycles. The molecule has 0 aliphatic carbocycles. The molecular formula is C21H31N7O5S3. The van der Waals surface area contributed by atoms with Crippen LogP contribution >= 0.6 is 35.3 Å². The van der Waals surface area contributed by atoms with Gasteiger partial charge >= 0.3 is 5.97 Å². The van der Waals surface area contributed by atoms with Gasteiger partial charge < -0.3 is 15.7 Å². The molecule has 3 heterocycles. The van der Waals surface area contributed by atoms with E-state index in [1.807, 2.05) is 27.7 Å². The fraction of sp³-hybridized carbons (Fsp3) is 0.619. The highest BCUT2D eigenvalue weighted by molar-refractivity contribution is 8.14. The Morgan fingerprint density at radius 2 is 2.03 bits per heavy atom. The number of amidine groups is 2. The number of fused-ring (bicyclic) bond motifs is 1. The lowest BCUT2D eigenvalue weighted by Gasteiger charge is -2.49. The summed E-state index contributed by atoms with van der Waals surface area (Å²) in [6, 6.07) is -0.546. The summed E-state index contributed by atoms with van der Waals surface area (Å²) >= 11 is 3.97. The van der Waals surface area contributed by atoms with Gasteiger partial charge in [0.05, 0.1) is 5.75 Å². The SMILES string of the molecule is CC(C)N=C(NC(C)C)SCC(=O)N[C@@H]1C(=O)N2C(C(=O)O)=C(CSC3=NCC(=O)NN3C)CS[C@H]12. The fourth-order valence-corrected chi connectivity index (χ4v) is 6.92. The Hall–Kier alpha value is -2.39. The molecule has 3 amide bonds. The van der Waals surface area contributed by atoms with E-state index in [1.54, 1.807) is 7.05 Å². The maximum Gasteiger partial charge on any atom is 0.352 e. The van der Waals surface area contributed by atoms with E-state index in [2.05, 4.69) is 26.0 Å². The highest BCUT2D eigenvalue weighted by Gasteiger charge is 2.54. The standard InChI is InChI=1S/C21H31N7O5S3/c1-10(2)23-20(24-11(3)4)35-9-14(30)25-15-17(31)28-16(19(32)33)12(7-34-18(15)28)8-36-21-22-6-13(29)26-27(21)5/h10-11,15,18H,6-9H2,1-5H3,(H,23,24)(H,25,30)(H,26,29)(H,32,33)/t15-,18-/m1/s1. The van der Waals surface area contributed by atoms with Crippen molar-refractivity contribution in [3.8, 4) is 0 Å². The van der Waals surface area contributed by atoms with Crippen LogP contribution in [0.15, 0.2) is 21.3 Å². The summed E-state index contributed by atoms with van der Waals surface area (Å²) in [4.78, 5) is 58.9. The Kier molecular flexibility index (Phi) is 9.58. The zero-order valence-corrected chi connectivity index (χ0v) is 23.2. The Labute approximate surface area is 222 Å². The molecule has 3 rings (SSSR count). The summed E-state index contributed by atoms with van der Waals surface area (Å²) in [5, 5.41) is 18.1. The zero-order valence-electron chi connectivity index (χ0n) is 20.7. The van der Waals surface area contributed by atoms with Crippen molar-refractivity contribution in [3.05, 3.63) is 11.3 Å². The number of carboxylic acid groups (broad SMARTS) is 1. The van der Waals surface area contributed by atoms with E-state index < -0.39 is 23.3 Å². The topological polar surface area (TPSA) is 156 Å². The number of nitrogens with zero attached hydrogens (tertiary/aromatic N) is 4. The lowest BCUT2D eigenvalue weighted by atomic mass is 10.0. The van der Waals surface area contributed by atoms with E-state index >= 15 is 0 Å². The first-order chi connectivity index (χ1) is 17.0. The second-order valence-electron chi connectivity index (χ2n) is 8.81. The number of nitrogens with one attached hydrogen (secondary N) is 3. The van der Waals surface area contributed by atoms with E-state index in [1.165, 1.54) is 45.2 Å². The van der Waals surface area contributed by atoms with E-state index in [-0.39, 0.29) is 41.9 Å². The van der Waals surface area contributed by atoms with Crippen molar-refractivity contribution >= 4 is 69.3 Å². The smallest absolute Gasteiger partial charge is 0.352 e. The van der Waals surface area contributed by atoms with E-state index in [9.17, 15) is 24.3 Å². The second kappa shape index (κ2) is 12.2. The van der Waals surface area contributed by atoms with Crippen molar-refractivity contribution in [2.24, 2.45) is 9.98 Å². The Bertz CT molecular complexity index is 1010. The molecule has 0 aromatic heterocycles. The van der Waals surface area contributed by atoms with Gasteiger partial charge in [-0.05, 0) is 33.3 Å². The summed E-state index contributed by atoms with van der Waals surface area (Å²) in [5.74, 6) is -1.38. The van der Waals surface area contributed by atoms with Crippen LogP contribution in [0.3, 0.4) is 0 Å². The van der Waals surface area contributed by atoms with Crippen molar-refractivity contribution < 1.29 is 24.3 Å². The number of carbonyl (C=O) groups is 4. The Morgan fingerprint density at radius 3 is 2.64 bits per heavy atom. The van der Waals surface area contributed by atoms with Crippen molar-refractivity contribution in [2.45, 2.75) is 51.2 Å². The molecule has 0 aromatic carbocycles. The van der Waals surface area contributed by atoms with Crippen molar-refractivity contribution in [3.63, 3.8) is 0 Å². The second-order valence-corrected chi connectivity index (χ2v) is 11.8. The van der Waals surface area contributed by atoms with Gasteiger partial charge in [0, 0.05) is 30.6 Å². The monoisotopic (exact) mass is 557 g/mol. The molecule has 3 aliphatic rings. The van der Waals surface area contributed by atoms with Crippen LogP contribution in [0.5, 0.6) is 0 Å². The average Bonchev–Trinajstić information content (AvgIpc) is 2.79. The van der Waals surface area contributed by atoms with Gasteiger partial charge in [-0.25, -0.2) is 4.79 Å². The molecule has 3 aliphatic heterocycles. The minimum atomic E-state index is -1.19. The third-order valence-corrected chi connectivity index (χ3v) is 8.40. The summed E-state index contributed by atoms with van der Waals surface area (Å²) in [6.45, 7) is 7.87. The highest BCUT2D eigenvalue weighted by atomic mass is 32.2. The number of β-lactam (4-membered cyclic amide) rings is 1. The summed E-state index contributed by atoms with van der Waals surface area (Å²) in [7, 11) is 1.65. The first kappa shape index (κ1) is 28.2. The van der Waals surface area contributed by atoms with Gasteiger partial charge in [-0.3, -0.25) is 39.7 Å². The number of thioether (sulfide) groups is 3. The third kappa shape index (κ3) is 6.88. The van der Waals surface area contributed by atoms with Crippen molar-refractivity contribution in [1.29, 1.82) is 0 Å². The quantitative estimate of drug-likeness (QED) is 0.186. The van der Waals surface area contributed by atoms with Crippen LogP contribution in [-0.4, -0.2) is 103 Å². The van der Waals surface area contributed by atoms with E-state index in [0.29, 0.717) is 27.4 Å². The number of aliphatic carboxylic acids is 1. The number of hydrazine groups is 1. The normalized spacial score (nSPS) is 22.3. The van der Waals surface area contributed by atoms with Crippen LogP contribution in [0, 0.1) is 0 Å². The van der Waals surface area contributed by atoms with Crippen molar-refractivity contribution in [1.82, 2.24) is 26.0 Å². The minimum absolute atomic E-state index is 0.0109. The number of hydrogen-bond donors (Lipinski definition) is 4. The summed E-state index contributed by atoms with van der Waals surface area (Å²) < 4.78 is 0. The highest BCUT2D eigenvalue weighted by Crippen LogP contribution is 2.41. The summed E-state index contributed by atoms with van der Waals surface area (Å²) in [5.41, 5.74) is 3.17. The average molecular weight is 558 g/mol. The van der Waals surface area contributed by atoms with Gasteiger partial charge in [0.2, 0.25) is 5.91 Å². The van der Waals surface area contributed by atoms with Crippen LogP contribution in [0.1, 0.15) is 27.7 Å². The molecule has 15 heteroatoms. The number of aliphatic imine (C=N–C) groups is 2. The molecule has 0 bridgehead atoms. The predicted octanol–water partition coefficient (Wildman–Crippen LogP) is 0.286. The number of carbonyl (C=O) groups excluding carboxylic acids is 3. The lowest BCUT2D eigenvalue weighted by Crippen LogP contribution is -2.70. The van der Waals surface area contributed by atoms with Crippen LogP contribution in [0.2, 0.25) is 0 Å². The van der Waals surface area contributed by atoms with Crippen LogP contribution < -0.4 is 16.1 Å². The molecule has 2 atom stereocenters. The van der Waals surface area contributed by atoms with Gasteiger partial charge in [-0.2, -0.15) is 0 Å². The molecule has 12 nitrogen and oxygen atoms in total. The zero-order chi connectivity index (χ0) is 26.6. The number of hydrogen-bond acceptors (Lipinski definition) is 10. The first-order valence-electron chi connectivity index (χ1n) is 11.3. The van der Waals surface area contributed by atoms with Gasteiger partial charge in [-0.1, -0.05) is 23.5 Å². The number of carboxylic acids is 1. The predicted molar refractivity (Wildman–Crippen MR) is 144 cm³/mol.